The second-order valence-electron chi connectivity index (χ2n) is 4.90. The molecule has 0 unspecified atom stereocenters. The van der Waals surface area contributed by atoms with Crippen LogP contribution in [0.5, 0.6) is 0 Å². The molecule has 4 nitrogen and oxygen atoms in total. The molecule has 2 aromatic carbocycles. The number of carbonyl (C=O) groups is 1. The standard InChI is InChI=1S/C17H13ClN2O2/c1-11-2-4-13(5-3-11)16(21)20-17-15(10-19-22-17)12-6-8-14(18)9-7-12/h2-10H,1H3,(H,20,21). The number of hydrogen-bond donors (Lipinski definition) is 1. The van der Waals surface area contributed by atoms with Crippen LogP contribution in [0, 0.1) is 6.92 Å². The number of anilines is 1. The Hall–Kier alpha value is -2.59. The van der Waals surface area contributed by atoms with E-state index in [2.05, 4.69) is 10.5 Å². The molecule has 110 valence electrons. The molecule has 3 aromatic rings. The first-order chi connectivity index (χ1) is 10.6. The number of hydrogen-bond acceptors (Lipinski definition) is 3. The number of halogens is 1. The summed E-state index contributed by atoms with van der Waals surface area (Å²) in [7, 11) is 0. The van der Waals surface area contributed by atoms with Crippen LogP contribution in [0.4, 0.5) is 5.88 Å². The third-order valence-electron chi connectivity index (χ3n) is 3.27. The van der Waals surface area contributed by atoms with Gasteiger partial charge < -0.3 is 4.52 Å². The number of nitrogens with one attached hydrogen (secondary N) is 1. The van der Waals surface area contributed by atoms with Gasteiger partial charge in [-0.25, -0.2) is 0 Å². The highest BCUT2D eigenvalue weighted by molar-refractivity contribution is 6.30. The van der Waals surface area contributed by atoms with Crippen LogP contribution in [0.2, 0.25) is 5.02 Å². The molecule has 0 saturated heterocycles. The minimum Gasteiger partial charge on any atom is -0.338 e. The van der Waals surface area contributed by atoms with Gasteiger partial charge in [0, 0.05) is 10.6 Å². The first kappa shape index (κ1) is 14.4. The largest absolute Gasteiger partial charge is 0.338 e. The molecule has 0 fully saturated rings. The van der Waals surface area contributed by atoms with Gasteiger partial charge in [-0.1, -0.05) is 46.6 Å². The summed E-state index contributed by atoms with van der Waals surface area (Å²) in [6.07, 6.45) is 1.56. The second kappa shape index (κ2) is 6.03. The van der Waals surface area contributed by atoms with E-state index >= 15 is 0 Å². The first-order valence-corrected chi connectivity index (χ1v) is 7.10. The van der Waals surface area contributed by atoms with Crippen LogP contribution < -0.4 is 5.32 Å². The van der Waals surface area contributed by atoms with Gasteiger partial charge in [-0.05, 0) is 36.8 Å². The minimum atomic E-state index is -0.244. The third kappa shape index (κ3) is 3.02. The van der Waals surface area contributed by atoms with Crippen molar-refractivity contribution in [2.75, 3.05) is 5.32 Å². The summed E-state index contributed by atoms with van der Waals surface area (Å²) in [5.41, 5.74) is 3.23. The number of aryl methyl sites for hydroxylation is 1. The van der Waals surface area contributed by atoms with Gasteiger partial charge in [0.1, 0.15) is 0 Å². The Bertz CT molecular complexity index is 792. The van der Waals surface area contributed by atoms with Crippen molar-refractivity contribution in [3.8, 4) is 11.1 Å². The van der Waals surface area contributed by atoms with Gasteiger partial charge in [0.15, 0.2) is 0 Å². The van der Waals surface area contributed by atoms with Crippen molar-refractivity contribution in [3.63, 3.8) is 0 Å². The lowest BCUT2D eigenvalue weighted by molar-refractivity contribution is 0.102. The topological polar surface area (TPSA) is 55.1 Å². The summed E-state index contributed by atoms with van der Waals surface area (Å²) in [5.74, 6) is 0.0693. The maximum absolute atomic E-state index is 12.2. The van der Waals surface area contributed by atoms with E-state index in [0.717, 1.165) is 11.1 Å². The second-order valence-corrected chi connectivity index (χ2v) is 5.33. The van der Waals surface area contributed by atoms with Crippen LogP contribution in [-0.2, 0) is 0 Å². The normalized spacial score (nSPS) is 10.5. The van der Waals surface area contributed by atoms with E-state index in [1.54, 1.807) is 30.5 Å². The highest BCUT2D eigenvalue weighted by Crippen LogP contribution is 2.29. The quantitative estimate of drug-likeness (QED) is 0.771. The fourth-order valence-corrected chi connectivity index (χ4v) is 2.17. The Balaban J connectivity index is 1.84. The van der Waals surface area contributed by atoms with Gasteiger partial charge in [-0.2, -0.15) is 0 Å². The van der Waals surface area contributed by atoms with Crippen LogP contribution in [-0.4, -0.2) is 11.1 Å². The monoisotopic (exact) mass is 312 g/mol. The van der Waals surface area contributed by atoms with Crippen LogP contribution in [0.1, 0.15) is 15.9 Å². The summed E-state index contributed by atoms with van der Waals surface area (Å²) >= 11 is 5.88. The molecule has 0 atom stereocenters. The molecule has 1 heterocycles. The fraction of sp³-hybridized carbons (Fsp3) is 0.0588. The molecule has 0 spiro atoms. The van der Waals surface area contributed by atoms with Gasteiger partial charge in [0.05, 0.1) is 11.8 Å². The van der Waals surface area contributed by atoms with Gasteiger partial charge in [0.2, 0.25) is 5.88 Å². The lowest BCUT2D eigenvalue weighted by Crippen LogP contribution is -2.11. The van der Waals surface area contributed by atoms with Crippen molar-refractivity contribution in [1.82, 2.24) is 5.16 Å². The molecule has 3 rings (SSSR count). The fourth-order valence-electron chi connectivity index (χ4n) is 2.05. The lowest BCUT2D eigenvalue weighted by atomic mass is 10.1. The Labute approximate surface area is 132 Å². The van der Waals surface area contributed by atoms with Crippen LogP contribution in [0.25, 0.3) is 11.1 Å². The van der Waals surface area contributed by atoms with E-state index in [4.69, 9.17) is 16.1 Å². The Morgan fingerprint density at radius 1 is 1.09 bits per heavy atom. The predicted octanol–water partition coefficient (Wildman–Crippen LogP) is 4.56. The Kier molecular flexibility index (Phi) is 3.94. The lowest BCUT2D eigenvalue weighted by Gasteiger charge is -2.05. The maximum atomic E-state index is 12.2. The molecule has 0 saturated carbocycles. The molecule has 1 amide bonds. The van der Waals surface area contributed by atoms with Crippen molar-refractivity contribution < 1.29 is 9.32 Å². The average molecular weight is 313 g/mol. The van der Waals surface area contributed by atoms with Gasteiger partial charge in [0.25, 0.3) is 5.91 Å². The molecule has 0 aliphatic heterocycles. The molecule has 0 aliphatic carbocycles. The zero-order chi connectivity index (χ0) is 15.5. The smallest absolute Gasteiger partial charge is 0.258 e. The highest BCUT2D eigenvalue weighted by atomic mass is 35.5. The van der Waals surface area contributed by atoms with Crippen LogP contribution in [0.3, 0.4) is 0 Å². The van der Waals surface area contributed by atoms with Gasteiger partial charge in [-0.3, -0.25) is 10.1 Å². The van der Waals surface area contributed by atoms with Crippen molar-refractivity contribution in [2.24, 2.45) is 0 Å². The van der Waals surface area contributed by atoms with Crippen molar-refractivity contribution in [1.29, 1.82) is 0 Å². The van der Waals surface area contributed by atoms with Crippen LogP contribution in [0.15, 0.2) is 59.3 Å². The molecule has 5 heteroatoms. The highest BCUT2D eigenvalue weighted by Gasteiger charge is 2.14. The number of aromatic nitrogens is 1. The minimum absolute atomic E-state index is 0.244. The number of carbonyl (C=O) groups excluding carboxylic acids is 1. The summed E-state index contributed by atoms with van der Waals surface area (Å²) in [5, 5.41) is 7.14. The molecule has 0 radical (unpaired) electrons. The molecule has 1 N–H and O–H groups in total. The number of nitrogens with zero attached hydrogens (tertiary/aromatic N) is 1. The van der Waals surface area contributed by atoms with Crippen LogP contribution >= 0.6 is 11.6 Å². The Morgan fingerprint density at radius 3 is 2.45 bits per heavy atom. The Morgan fingerprint density at radius 2 is 1.77 bits per heavy atom. The van der Waals surface area contributed by atoms with E-state index in [1.165, 1.54) is 0 Å². The van der Waals surface area contributed by atoms with E-state index in [9.17, 15) is 4.79 Å². The summed E-state index contributed by atoms with van der Waals surface area (Å²) in [6, 6.07) is 14.5. The number of rotatable bonds is 3. The molecule has 0 aliphatic rings. The summed E-state index contributed by atoms with van der Waals surface area (Å²) < 4.78 is 5.15. The van der Waals surface area contributed by atoms with Gasteiger partial charge in [-0.15, -0.1) is 0 Å². The molecule has 1 aromatic heterocycles. The number of amides is 1. The predicted molar refractivity (Wildman–Crippen MR) is 86.1 cm³/mol. The summed E-state index contributed by atoms with van der Waals surface area (Å²) in [6.45, 7) is 1.97. The van der Waals surface area contributed by atoms with Crippen molar-refractivity contribution in [2.45, 2.75) is 6.92 Å². The van der Waals surface area contributed by atoms with E-state index in [-0.39, 0.29) is 5.91 Å². The van der Waals surface area contributed by atoms with Gasteiger partial charge >= 0.3 is 0 Å². The number of benzene rings is 2. The SMILES string of the molecule is Cc1ccc(C(=O)Nc2oncc2-c2ccc(Cl)cc2)cc1. The summed E-state index contributed by atoms with van der Waals surface area (Å²) in [4.78, 5) is 12.2. The van der Waals surface area contributed by atoms with E-state index in [0.29, 0.717) is 22.0 Å². The third-order valence-corrected chi connectivity index (χ3v) is 3.52. The van der Waals surface area contributed by atoms with E-state index < -0.39 is 0 Å². The zero-order valence-corrected chi connectivity index (χ0v) is 12.6. The van der Waals surface area contributed by atoms with Crippen molar-refractivity contribution in [3.05, 3.63) is 70.9 Å². The average Bonchev–Trinajstić information content (AvgIpc) is 2.97. The molecular formula is C17H13ClN2O2. The first-order valence-electron chi connectivity index (χ1n) is 6.72. The zero-order valence-electron chi connectivity index (χ0n) is 11.8. The molecule has 0 bridgehead atoms. The molecular weight excluding hydrogens is 300 g/mol. The maximum Gasteiger partial charge on any atom is 0.258 e. The van der Waals surface area contributed by atoms with E-state index in [1.807, 2.05) is 31.2 Å². The molecule has 22 heavy (non-hydrogen) atoms. The van der Waals surface area contributed by atoms with Crippen molar-refractivity contribution >= 4 is 23.4 Å².